The maximum Gasteiger partial charge on any atom is 0.341 e. The number of hydrogen-bond donors (Lipinski definition) is 2. The maximum absolute atomic E-state index is 12.9. The summed E-state index contributed by atoms with van der Waals surface area (Å²) >= 11 is 1.54. The molecule has 170 valence electrons. The Morgan fingerprint density at radius 3 is 2.42 bits per heavy atom. The molecule has 6 nitrogen and oxygen atoms in total. The number of fused-ring (bicyclic) bond motifs is 1. The SMILES string of the molecule is CCOC(=O)c1c(NC(=NCc2ccccc2)NC(=O)c2ccccc2)sc2c1CCCC2. The van der Waals surface area contributed by atoms with Gasteiger partial charge in [-0.2, -0.15) is 0 Å². The maximum atomic E-state index is 12.9. The van der Waals surface area contributed by atoms with Gasteiger partial charge < -0.3 is 10.1 Å². The molecule has 7 heteroatoms. The lowest BCUT2D eigenvalue weighted by Gasteiger charge is -2.14. The summed E-state index contributed by atoms with van der Waals surface area (Å²) in [6.45, 7) is 2.50. The Bertz CT molecular complexity index is 1140. The summed E-state index contributed by atoms with van der Waals surface area (Å²) in [6, 6.07) is 18.8. The van der Waals surface area contributed by atoms with Crippen LogP contribution in [-0.4, -0.2) is 24.4 Å². The molecule has 1 aliphatic rings. The fourth-order valence-corrected chi connectivity index (χ4v) is 5.09. The van der Waals surface area contributed by atoms with Crippen molar-refractivity contribution in [2.24, 2.45) is 4.99 Å². The molecule has 0 spiro atoms. The summed E-state index contributed by atoms with van der Waals surface area (Å²) in [7, 11) is 0. The van der Waals surface area contributed by atoms with Crippen LogP contribution < -0.4 is 10.6 Å². The Labute approximate surface area is 197 Å². The lowest BCUT2D eigenvalue weighted by molar-refractivity contribution is 0.0526. The van der Waals surface area contributed by atoms with Crippen molar-refractivity contribution in [3.63, 3.8) is 0 Å². The van der Waals surface area contributed by atoms with Crippen LogP contribution in [0.1, 0.15) is 56.5 Å². The first kappa shape index (κ1) is 22.7. The van der Waals surface area contributed by atoms with Gasteiger partial charge in [-0.1, -0.05) is 48.5 Å². The number of nitrogens with zero attached hydrogens (tertiary/aromatic N) is 1. The predicted molar refractivity (Wildman–Crippen MR) is 132 cm³/mol. The summed E-state index contributed by atoms with van der Waals surface area (Å²) in [5.41, 5.74) is 3.17. The zero-order valence-electron chi connectivity index (χ0n) is 18.6. The van der Waals surface area contributed by atoms with Crippen LogP contribution in [0.3, 0.4) is 0 Å². The molecule has 0 aliphatic heterocycles. The molecule has 33 heavy (non-hydrogen) atoms. The number of aliphatic imine (C=N–C) groups is 1. The van der Waals surface area contributed by atoms with Crippen LogP contribution in [0.25, 0.3) is 0 Å². The summed E-state index contributed by atoms with van der Waals surface area (Å²) in [5, 5.41) is 6.80. The number of thiophene rings is 1. The standard InChI is InChI=1S/C26H27N3O3S/c1-2-32-25(31)22-20-15-9-10-16-21(20)33-24(22)29-26(27-17-18-11-5-3-6-12-18)28-23(30)19-13-7-4-8-14-19/h3-8,11-14H,2,9-10,15-17H2,1H3,(H2,27,28,29,30). The van der Waals surface area contributed by atoms with Crippen LogP contribution in [0.2, 0.25) is 0 Å². The van der Waals surface area contributed by atoms with E-state index in [9.17, 15) is 9.59 Å². The van der Waals surface area contributed by atoms with Gasteiger partial charge in [0.1, 0.15) is 5.00 Å². The number of carbonyl (C=O) groups excluding carboxylic acids is 2. The summed E-state index contributed by atoms with van der Waals surface area (Å²) < 4.78 is 5.35. The number of carbonyl (C=O) groups is 2. The molecular weight excluding hydrogens is 434 g/mol. The molecule has 2 aromatic carbocycles. The van der Waals surface area contributed by atoms with Gasteiger partial charge in [-0.25, -0.2) is 9.79 Å². The molecule has 1 amide bonds. The van der Waals surface area contributed by atoms with Gasteiger partial charge in [-0.15, -0.1) is 11.3 Å². The van der Waals surface area contributed by atoms with Gasteiger partial charge in [0.15, 0.2) is 0 Å². The van der Waals surface area contributed by atoms with Gasteiger partial charge in [0.2, 0.25) is 5.96 Å². The fourth-order valence-electron chi connectivity index (χ4n) is 3.81. The minimum atomic E-state index is -0.337. The summed E-state index contributed by atoms with van der Waals surface area (Å²) in [5.74, 6) is -0.304. The van der Waals surface area contributed by atoms with Crippen molar-refractivity contribution in [1.82, 2.24) is 5.32 Å². The molecule has 0 unspecified atom stereocenters. The molecule has 2 N–H and O–H groups in total. The van der Waals surface area contributed by atoms with E-state index in [0.717, 1.165) is 36.8 Å². The largest absolute Gasteiger partial charge is 0.462 e. The molecule has 0 saturated heterocycles. The van der Waals surface area contributed by atoms with Crippen LogP contribution in [0, 0.1) is 0 Å². The average Bonchev–Trinajstić information content (AvgIpc) is 3.21. The van der Waals surface area contributed by atoms with Crippen LogP contribution >= 0.6 is 11.3 Å². The molecule has 1 aromatic heterocycles. The van der Waals surface area contributed by atoms with Crippen LogP contribution in [-0.2, 0) is 24.1 Å². The Kier molecular flexibility index (Phi) is 7.52. The van der Waals surface area contributed by atoms with Gasteiger partial charge in [0.05, 0.1) is 18.7 Å². The third-order valence-electron chi connectivity index (χ3n) is 5.41. The second kappa shape index (κ2) is 10.9. The predicted octanol–water partition coefficient (Wildman–Crippen LogP) is 5.20. The number of esters is 1. The number of guanidine groups is 1. The van der Waals surface area contributed by atoms with E-state index in [0.29, 0.717) is 35.2 Å². The quantitative estimate of drug-likeness (QED) is 0.300. The highest BCUT2D eigenvalue weighted by molar-refractivity contribution is 7.17. The van der Waals surface area contributed by atoms with Crippen molar-refractivity contribution in [3.05, 3.63) is 87.8 Å². The minimum Gasteiger partial charge on any atom is -0.462 e. The van der Waals surface area contributed by atoms with Gasteiger partial charge in [0.25, 0.3) is 5.91 Å². The van der Waals surface area contributed by atoms with Crippen LogP contribution in [0.4, 0.5) is 5.00 Å². The topological polar surface area (TPSA) is 79.8 Å². The lowest BCUT2D eigenvalue weighted by Crippen LogP contribution is -2.36. The molecule has 0 atom stereocenters. The molecule has 1 aliphatic carbocycles. The molecule has 0 saturated carbocycles. The van der Waals surface area contributed by atoms with Gasteiger partial charge in [0, 0.05) is 10.4 Å². The summed E-state index contributed by atoms with van der Waals surface area (Å²) in [4.78, 5) is 31.5. The van der Waals surface area contributed by atoms with E-state index >= 15 is 0 Å². The van der Waals surface area contributed by atoms with E-state index < -0.39 is 0 Å². The zero-order valence-corrected chi connectivity index (χ0v) is 19.4. The normalized spacial score (nSPS) is 13.2. The van der Waals surface area contributed by atoms with Crippen molar-refractivity contribution in [2.45, 2.75) is 39.2 Å². The molecule has 0 fully saturated rings. The van der Waals surface area contributed by atoms with Gasteiger partial charge in [-0.3, -0.25) is 10.1 Å². The van der Waals surface area contributed by atoms with E-state index in [-0.39, 0.29) is 11.9 Å². The Morgan fingerprint density at radius 2 is 1.70 bits per heavy atom. The van der Waals surface area contributed by atoms with E-state index in [1.54, 1.807) is 30.4 Å². The number of benzene rings is 2. The number of anilines is 1. The highest BCUT2D eigenvalue weighted by Gasteiger charge is 2.27. The van der Waals surface area contributed by atoms with Crippen molar-refractivity contribution in [2.75, 3.05) is 11.9 Å². The van der Waals surface area contributed by atoms with Crippen LogP contribution in [0.15, 0.2) is 65.7 Å². The van der Waals surface area contributed by atoms with Crippen molar-refractivity contribution >= 4 is 34.2 Å². The first-order valence-electron chi connectivity index (χ1n) is 11.2. The van der Waals surface area contributed by atoms with Crippen molar-refractivity contribution in [3.8, 4) is 0 Å². The van der Waals surface area contributed by atoms with E-state index in [1.165, 1.54) is 4.88 Å². The molecular formula is C26H27N3O3S. The average molecular weight is 462 g/mol. The second-order valence-corrected chi connectivity index (χ2v) is 8.84. The lowest BCUT2D eigenvalue weighted by atomic mass is 9.95. The molecule has 0 bridgehead atoms. The zero-order chi connectivity index (χ0) is 23.0. The smallest absolute Gasteiger partial charge is 0.341 e. The van der Waals surface area contributed by atoms with Gasteiger partial charge in [-0.05, 0) is 55.9 Å². The van der Waals surface area contributed by atoms with Crippen LogP contribution in [0.5, 0.6) is 0 Å². The number of hydrogen-bond acceptors (Lipinski definition) is 5. The highest BCUT2D eigenvalue weighted by atomic mass is 32.1. The van der Waals surface area contributed by atoms with Crippen molar-refractivity contribution in [1.29, 1.82) is 0 Å². The molecule has 1 heterocycles. The minimum absolute atomic E-state index is 0.270. The first-order valence-corrected chi connectivity index (χ1v) is 12.0. The number of rotatable bonds is 6. The van der Waals surface area contributed by atoms with E-state index in [1.807, 2.05) is 48.5 Å². The summed E-state index contributed by atoms with van der Waals surface area (Å²) in [6.07, 6.45) is 3.96. The highest BCUT2D eigenvalue weighted by Crippen LogP contribution is 2.38. The van der Waals surface area contributed by atoms with E-state index in [2.05, 4.69) is 15.6 Å². The third-order valence-corrected chi connectivity index (χ3v) is 6.62. The fraction of sp³-hybridized carbons (Fsp3) is 0.269. The number of nitrogens with one attached hydrogen (secondary N) is 2. The number of aryl methyl sites for hydroxylation is 1. The molecule has 4 rings (SSSR count). The first-order chi connectivity index (χ1) is 16.2. The number of ether oxygens (including phenoxy) is 1. The number of amides is 1. The van der Waals surface area contributed by atoms with Gasteiger partial charge >= 0.3 is 5.97 Å². The second-order valence-electron chi connectivity index (χ2n) is 7.73. The van der Waals surface area contributed by atoms with Crippen molar-refractivity contribution < 1.29 is 14.3 Å². The Balaban J connectivity index is 1.65. The molecule has 0 radical (unpaired) electrons. The Morgan fingerprint density at radius 1 is 1.00 bits per heavy atom. The monoisotopic (exact) mass is 461 g/mol. The van der Waals surface area contributed by atoms with E-state index in [4.69, 9.17) is 4.74 Å². The third kappa shape index (κ3) is 5.68. The Hall–Kier alpha value is -3.45. The molecule has 3 aromatic rings.